The number of aliphatic hydroxyl groups excluding tert-OH is 1. The third-order valence-electron chi connectivity index (χ3n) is 5.88. The monoisotopic (exact) mass is 440 g/mol. The standard InChI is InChI=1S/C26H32O6/c1-13(2)7-9-16-19(31-6)12-21-24(25(16)29)26(30)23-17(10-8-14(3)4)22(15(5)27)18(28)11-20(23)32-21/h11-14,27,30H,7-10H2,1-6H3/b22-15+. The van der Waals surface area contributed by atoms with Gasteiger partial charge in [-0.15, -0.1) is 0 Å². The van der Waals surface area contributed by atoms with E-state index in [9.17, 15) is 19.8 Å². The molecule has 3 aromatic rings. The fraction of sp³-hybridized carbons (Fsp3) is 0.462. The van der Waals surface area contributed by atoms with Gasteiger partial charge in [0.05, 0.1) is 17.7 Å². The van der Waals surface area contributed by atoms with E-state index in [0.29, 0.717) is 46.9 Å². The average molecular weight is 441 g/mol. The number of aliphatic hydroxyl groups is 1. The van der Waals surface area contributed by atoms with E-state index in [1.54, 1.807) is 6.07 Å². The van der Waals surface area contributed by atoms with Crippen LogP contribution in [0.25, 0.3) is 27.7 Å². The third-order valence-corrected chi connectivity index (χ3v) is 5.88. The summed E-state index contributed by atoms with van der Waals surface area (Å²) in [7, 11) is 1.49. The molecular weight excluding hydrogens is 408 g/mol. The molecule has 2 aromatic carbocycles. The number of benzene rings is 2. The minimum Gasteiger partial charge on any atom is -0.512 e. The number of ether oxygens (including phenoxy) is 1. The summed E-state index contributed by atoms with van der Waals surface area (Å²) in [5, 5.41) is 22.1. The van der Waals surface area contributed by atoms with Gasteiger partial charge < -0.3 is 19.4 Å². The zero-order valence-corrected chi connectivity index (χ0v) is 19.7. The molecule has 0 saturated carbocycles. The van der Waals surface area contributed by atoms with Crippen molar-refractivity contribution < 1.29 is 19.4 Å². The molecule has 3 rings (SSSR count). The van der Waals surface area contributed by atoms with E-state index in [-0.39, 0.29) is 44.1 Å². The molecule has 0 atom stereocenters. The summed E-state index contributed by atoms with van der Waals surface area (Å²) in [6, 6.07) is 2.85. The lowest BCUT2D eigenvalue weighted by Crippen LogP contribution is -2.30. The summed E-state index contributed by atoms with van der Waals surface area (Å²) in [4.78, 5) is 26.2. The van der Waals surface area contributed by atoms with Gasteiger partial charge in [-0.05, 0) is 50.0 Å². The Kier molecular flexibility index (Phi) is 6.82. The van der Waals surface area contributed by atoms with E-state index in [1.165, 1.54) is 20.1 Å². The van der Waals surface area contributed by atoms with E-state index >= 15 is 0 Å². The second-order valence-electron chi connectivity index (χ2n) is 9.26. The van der Waals surface area contributed by atoms with Crippen LogP contribution in [0.3, 0.4) is 0 Å². The van der Waals surface area contributed by atoms with Crippen LogP contribution in [0.15, 0.2) is 26.1 Å². The van der Waals surface area contributed by atoms with E-state index in [1.807, 2.05) is 0 Å². The second-order valence-corrected chi connectivity index (χ2v) is 9.26. The molecule has 1 heterocycles. The van der Waals surface area contributed by atoms with Crippen LogP contribution in [-0.4, -0.2) is 17.3 Å². The maximum absolute atomic E-state index is 13.4. The number of methoxy groups -OCH3 is 1. The Bertz CT molecular complexity index is 1330. The molecule has 172 valence electrons. The maximum Gasteiger partial charge on any atom is 0.200 e. The van der Waals surface area contributed by atoms with Crippen molar-refractivity contribution in [3.05, 3.63) is 48.9 Å². The van der Waals surface area contributed by atoms with Gasteiger partial charge >= 0.3 is 0 Å². The van der Waals surface area contributed by atoms with E-state index in [4.69, 9.17) is 9.15 Å². The largest absolute Gasteiger partial charge is 0.512 e. The van der Waals surface area contributed by atoms with Gasteiger partial charge in [-0.25, -0.2) is 0 Å². The minimum absolute atomic E-state index is 0.0723. The first-order chi connectivity index (χ1) is 15.1. The summed E-state index contributed by atoms with van der Waals surface area (Å²) in [5.74, 6) is 0.803. The maximum atomic E-state index is 13.4. The van der Waals surface area contributed by atoms with Crippen molar-refractivity contribution in [2.24, 2.45) is 11.8 Å². The fourth-order valence-corrected chi connectivity index (χ4v) is 4.16. The van der Waals surface area contributed by atoms with Crippen LogP contribution in [0.2, 0.25) is 0 Å². The second kappa shape index (κ2) is 9.23. The van der Waals surface area contributed by atoms with Crippen LogP contribution in [0.1, 0.15) is 58.6 Å². The van der Waals surface area contributed by atoms with Crippen LogP contribution >= 0.6 is 0 Å². The zero-order valence-electron chi connectivity index (χ0n) is 19.7. The van der Waals surface area contributed by atoms with Crippen molar-refractivity contribution in [3.8, 4) is 11.5 Å². The molecule has 6 nitrogen and oxygen atoms in total. The Labute approximate surface area is 187 Å². The van der Waals surface area contributed by atoms with Gasteiger partial charge in [0.25, 0.3) is 0 Å². The Morgan fingerprint density at radius 2 is 1.53 bits per heavy atom. The topological polar surface area (TPSA) is 97.0 Å². The van der Waals surface area contributed by atoms with Gasteiger partial charge in [-0.1, -0.05) is 27.7 Å². The molecule has 0 unspecified atom stereocenters. The SMILES string of the molecule is COc1cc2oc3cc(=O)/c(=C(\C)O)c(CCC(C)C)c3c(O)c2c(=O)c1CCC(C)C. The van der Waals surface area contributed by atoms with Gasteiger partial charge in [0, 0.05) is 17.7 Å². The minimum atomic E-state index is -0.387. The molecule has 0 bridgehead atoms. The molecule has 32 heavy (non-hydrogen) atoms. The Hall–Kier alpha value is -3.02. The average Bonchev–Trinajstić information content (AvgIpc) is 2.69. The highest BCUT2D eigenvalue weighted by Crippen LogP contribution is 2.36. The van der Waals surface area contributed by atoms with Crippen molar-refractivity contribution in [2.45, 2.75) is 60.3 Å². The van der Waals surface area contributed by atoms with Gasteiger partial charge in [0.15, 0.2) is 10.9 Å². The molecule has 0 fully saturated rings. The van der Waals surface area contributed by atoms with Crippen molar-refractivity contribution >= 4 is 27.7 Å². The fourth-order valence-electron chi connectivity index (χ4n) is 4.16. The predicted octanol–water partition coefficient (Wildman–Crippen LogP) is 4.60. The van der Waals surface area contributed by atoms with E-state index < -0.39 is 0 Å². The highest BCUT2D eigenvalue weighted by molar-refractivity contribution is 6.00. The molecule has 0 aliphatic carbocycles. The Balaban J connectivity index is 2.47. The first kappa shape index (κ1) is 23.6. The van der Waals surface area contributed by atoms with Crippen LogP contribution in [-0.2, 0) is 12.8 Å². The van der Waals surface area contributed by atoms with Crippen LogP contribution in [0.4, 0.5) is 0 Å². The number of rotatable bonds is 7. The Morgan fingerprint density at radius 1 is 0.969 bits per heavy atom. The third kappa shape index (κ3) is 4.31. The highest BCUT2D eigenvalue weighted by atomic mass is 16.5. The first-order valence-corrected chi connectivity index (χ1v) is 11.1. The van der Waals surface area contributed by atoms with Crippen LogP contribution < -0.4 is 20.8 Å². The lowest BCUT2D eigenvalue weighted by atomic mass is 9.94. The lowest BCUT2D eigenvalue weighted by molar-refractivity contribution is 0.406. The molecule has 0 aliphatic heterocycles. The summed E-state index contributed by atoms with van der Waals surface area (Å²) in [6.45, 7) is 9.72. The van der Waals surface area contributed by atoms with Crippen molar-refractivity contribution in [3.63, 3.8) is 0 Å². The molecule has 2 N–H and O–H groups in total. The summed E-state index contributed by atoms with van der Waals surface area (Å²) >= 11 is 0. The van der Waals surface area contributed by atoms with Gasteiger partial charge in [-0.2, -0.15) is 0 Å². The normalized spacial score (nSPS) is 12.9. The molecule has 0 spiro atoms. The Morgan fingerprint density at radius 3 is 2.06 bits per heavy atom. The van der Waals surface area contributed by atoms with Crippen LogP contribution in [0, 0.1) is 11.8 Å². The van der Waals surface area contributed by atoms with E-state index in [0.717, 1.165) is 12.8 Å². The summed E-state index contributed by atoms with van der Waals surface area (Å²) in [5.41, 5.74) is 0.616. The zero-order chi connectivity index (χ0) is 23.7. The number of hydrogen-bond acceptors (Lipinski definition) is 6. The molecule has 0 radical (unpaired) electrons. The number of aryl methyl sites for hydroxylation is 1. The molecule has 0 aliphatic rings. The van der Waals surface area contributed by atoms with Crippen molar-refractivity contribution in [1.82, 2.24) is 0 Å². The quantitative estimate of drug-likeness (QED) is 0.521. The van der Waals surface area contributed by atoms with Crippen LogP contribution in [0.5, 0.6) is 11.5 Å². The number of hydrogen-bond donors (Lipinski definition) is 2. The smallest absolute Gasteiger partial charge is 0.200 e. The first-order valence-electron chi connectivity index (χ1n) is 11.1. The molecular formula is C26H32O6. The lowest BCUT2D eigenvalue weighted by Gasteiger charge is -2.15. The molecule has 0 amide bonds. The predicted molar refractivity (Wildman–Crippen MR) is 128 cm³/mol. The van der Waals surface area contributed by atoms with Crippen molar-refractivity contribution in [1.29, 1.82) is 0 Å². The molecule has 6 heteroatoms. The van der Waals surface area contributed by atoms with Gasteiger partial charge in [0.1, 0.15) is 33.8 Å². The number of aromatic hydroxyl groups is 1. The van der Waals surface area contributed by atoms with Gasteiger partial charge in [-0.3, -0.25) is 9.59 Å². The van der Waals surface area contributed by atoms with E-state index in [2.05, 4.69) is 27.7 Å². The summed E-state index contributed by atoms with van der Waals surface area (Å²) < 4.78 is 11.4. The highest BCUT2D eigenvalue weighted by Gasteiger charge is 2.22. The van der Waals surface area contributed by atoms with Gasteiger partial charge in [0.2, 0.25) is 0 Å². The molecule has 0 saturated heterocycles. The molecule has 1 aromatic heterocycles. The number of fused-ring (bicyclic) bond motifs is 2. The summed E-state index contributed by atoms with van der Waals surface area (Å²) in [6.07, 6.45) is 2.51. The van der Waals surface area contributed by atoms with Crippen molar-refractivity contribution in [2.75, 3.05) is 7.11 Å².